The lowest BCUT2D eigenvalue weighted by atomic mass is 9.95. The Labute approximate surface area is 166 Å². The molecule has 2 heteroatoms. The number of hydrogen-bond acceptors (Lipinski definition) is 1. The predicted molar refractivity (Wildman–Crippen MR) is 123 cm³/mol. The molecule has 0 aliphatic rings. The van der Waals surface area contributed by atoms with Crippen molar-refractivity contribution in [1.29, 1.82) is 0 Å². The van der Waals surface area contributed by atoms with Gasteiger partial charge in [0.2, 0.25) is 0 Å². The average Bonchev–Trinajstić information content (AvgIpc) is 3.18. The van der Waals surface area contributed by atoms with Crippen molar-refractivity contribution in [2.75, 3.05) is 0 Å². The summed E-state index contributed by atoms with van der Waals surface area (Å²) < 4.78 is 2.27. The highest BCUT2D eigenvalue weighted by atomic mass is 15.0. The SMILES string of the molecule is c1ccc2c(c1)ccc1c2ccc2c3cccnc3n3cc4ccccc4c3c12. The zero-order valence-electron chi connectivity index (χ0n) is 15.6. The molecule has 0 saturated heterocycles. The highest BCUT2D eigenvalue weighted by Gasteiger charge is 2.15. The van der Waals surface area contributed by atoms with Crippen LogP contribution in [-0.4, -0.2) is 9.38 Å². The fraction of sp³-hybridized carbons (Fsp3) is 0. The van der Waals surface area contributed by atoms with Crippen LogP contribution in [0.2, 0.25) is 0 Å². The van der Waals surface area contributed by atoms with Crippen molar-refractivity contribution < 1.29 is 0 Å². The van der Waals surface area contributed by atoms with Crippen LogP contribution in [0.1, 0.15) is 0 Å². The lowest BCUT2D eigenvalue weighted by Gasteiger charge is -2.13. The quantitative estimate of drug-likeness (QED) is 0.261. The zero-order valence-corrected chi connectivity index (χ0v) is 15.6. The lowest BCUT2D eigenvalue weighted by Crippen LogP contribution is -1.93. The first kappa shape index (κ1) is 15.1. The number of hydrogen-bond donors (Lipinski definition) is 0. The summed E-state index contributed by atoms with van der Waals surface area (Å²) in [5.41, 5.74) is 2.24. The Balaban J connectivity index is 1.88. The van der Waals surface area contributed by atoms with Gasteiger partial charge in [0.15, 0.2) is 0 Å². The van der Waals surface area contributed by atoms with Crippen LogP contribution >= 0.6 is 0 Å². The van der Waals surface area contributed by atoms with Gasteiger partial charge in [-0.1, -0.05) is 72.8 Å². The van der Waals surface area contributed by atoms with Gasteiger partial charge < -0.3 is 0 Å². The molecule has 3 heterocycles. The van der Waals surface area contributed by atoms with Crippen LogP contribution in [0.3, 0.4) is 0 Å². The van der Waals surface area contributed by atoms with Crippen molar-refractivity contribution in [1.82, 2.24) is 9.38 Å². The minimum atomic E-state index is 1.01. The third-order valence-electron chi connectivity index (χ3n) is 6.19. The summed E-state index contributed by atoms with van der Waals surface area (Å²) in [6.07, 6.45) is 4.10. The number of aromatic nitrogens is 2. The van der Waals surface area contributed by atoms with Crippen LogP contribution in [0.4, 0.5) is 0 Å². The van der Waals surface area contributed by atoms with Gasteiger partial charge in [-0.3, -0.25) is 4.40 Å². The third-order valence-corrected chi connectivity index (χ3v) is 6.19. The molecule has 0 aliphatic heterocycles. The second kappa shape index (κ2) is 5.33. The van der Waals surface area contributed by atoms with Gasteiger partial charge >= 0.3 is 0 Å². The predicted octanol–water partition coefficient (Wildman–Crippen LogP) is 7.10. The first-order chi connectivity index (χ1) is 14.4. The van der Waals surface area contributed by atoms with E-state index in [-0.39, 0.29) is 0 Å². The van der Waals surface area contributed by atoms with E-state index in [2.05, 4.69) is 89.5 Å². The van der Waals surface area contributed by atoms with Crippen molar-refractivity contribution in [2.24, 2.45) is 0 Å². The first-order valence-electron chi connectivity index (χ1n) is 9.91. The molecule has 4 aromatic carbocycles. The number of fused-ring (bicyclic) bond motifs is 12. The standard InChI is InChI=1S/C27H16N2/c1-3-8-19-17(6-1)11-12-22-21(19)13-14-23-24-10-5-15-28-27(24)29-16-18-7-2-4-9-20(18)26(29)25(22)23/h1-16H. The zero-order chi connectivity index (χ0) is 18.9. The molecule has 0 radical (unpaired) electrons. The van der Waals surface area contributed by atoms with Gasteiger partial charge in [0.1, 0.15) is 5.65 Å². The van der Waals surface area contributed by atoms with Crippen LogP contribution in [0.15, 0.2) is 97.3 Å². The molecule has 134 valence electrons. The topological polar surface area (TPSA) is 17.3 Å². The fourth-order valence-corrected chi connectivity index (χ4v) is 4.95. The Hall–Kier alpha value is -3.91. The lowest BCUT2D eigenvalue weighted by molar-refractivity contribution is 1.22. The third kappa shape index (κ3) is 1.88. The summed E-state index contributed by atoms with van der Waals surface area (Å²) in [4.78, 5) is 4.75. The molecule has 7 rings (SSSR count). The molecule has 0 N–H and O–H groups in total. The molecular formula is C27H16N2. The molecule has 0 bridgehead atoms. The maximum atomic E-state index is 4.75. The minimum Gasteiger partial charge on any atom is -0.299 e. The van der Waals surface area contributed by atoms with Gasteiger partial charge in [-0.2, -0.15) is 0 Å². The van der Waals surface area contributed by atoms with E-state index in [1.54, 1.807) is 0 Å². The normalized spacial score (nSPS) is 12.1. The molecule has 7 aromatic rings. The first-order valence-corrected chi connectivity index (χ1v) is 9.91. The molecule has 29 heavy (non-hydrogen) atoms. The summed E-state index contributed by atoms with van der Waals surface area (Å²) in [6, 6.07) is 30.5. The maximum Gasteiger partial charge on any atom is 0.145 e. The van der Waals surface area contributed by atoms with E-state index in [1.165, 1.54) is 54.0 Å². The summed E-state index contributed by atoms with van der Waals surface area (Å²) in [5.74, 6) is 0. The van der Waals surface area contributed by atoms with Crippen LogP contribution in [0, 0.1) is 0 Å². The van der Waals surface area contributed by atoms with E-state index in [0.29, 0.717) is 0 Å². The van der Waals surface area contributed by atoms with E-state index >= 15 is 0 Å². The monoisotopic (exact) mass is 368 g/mol. The van der Waals surface area contributed by atoms with Gasteiger partial charge in [0.05, 0.1) is 5.52 Å². The molecule has 3 aromatic heterocycles. The van der Waals surface area contributed by atoms with Gasteiger partial charge in [0.25, 0.3) is 0 Å². The Morgan fingerprint density at radius 3 is 2.14 bits per heavy atom. The van der Waals surface area contributed by atoms with E-state index in [1.807, 2.05) is 12.3 Å². The Morgan fingerprint density at radius 2 is 1.21 bits per heavy atom. The molecule has 2 nitrogen and oxygen atoms in total. The minimum absolute atomic E-state index is 1.01. The molecule has 0 amide bonds. The molecule has 0 aliphatic carbocycles. The largest absolute Gasteiger partial charge is 0.299 e. The highest BCUT2D eigenvalue weighted by Crippen LogP contribution is 2.39. The van der Waals surface area contributed by atoms with E-state index < -0.39 is 0 Å². The van der Waals surface area contributed by atoms with E-state index in [4.69, 9.17) is 4.98 Å². The van der Waals surface area contributed by atoms with Crippen LogP contribution in [0.25, 0.3) is 59.6 Å². The summed E-state index contributed by atoms with van der Waals surface area (Å²) in [6.45, 7) is 0. The van der Waals surface area contributed by atoms with Gasteiger partial charge in [-0.25, -0.2) is 4.98 Å². The number of pyridine rings is 2. The Kier molecular flexibility index (Phi) is 2.77. The second-order valence-electron chi connectivity index (χ2n) is 7.68. The van der Waals surface area contributed by atoms with Crippen LogP contribution < -0.4 is 0 Å². The van der Waals surface area contributed by atoms with Crippen molar-refractivity contribution in [2.45, 2.75) is 0 Å². The molecule has 0 saturated carbocycles. The van der Waals surface area contributed by atoms with E-state index in [9.17, 15) is 0 Å². The molecule has 0 atom stereocenters. The Bertz CT molecular complexity index is 1760. The Morgan fingerprint density at radius 1 is 0.517 bits per heavy atom. The molecular weight excluding hydrogens is 352 g/mol. The number of rotatable bonds is 0. The van der Waals surface area contributed by atoms with Crippen molar-refractivity contribution in [3.05, 3.63) is 97.3 Å². The second-order valence-corrected chi connectivity index (χ2v) is 7.68. The fourth-order valence-electron chi connectivity index (χ4n) is 4.95. The molecule has 0 unspecified atom stereocenters. The molecule has 0 spiro atoms. The summed E-state index contributed by atoms with van der Waals surface area (Å²) in [5, 5.41) is 11.4. The summed E-state index contributed by atoms with van der Waals surface area (Å²) >= 11 is 0. The number of benzene rings is 4. The number of nitrogens with zero attached hydrogens (tertiary/aromatic N) is 2. The van der Waals surface area contributed by atoms with Crippen molar-refractivity contribution >= 4 is 59.6 Å². The van der Waals surface area contributed by atoms with Gasteiger partial charge in [0, 0.05) is 33.9 Å². The smallest absolute Gasteiger partial charge is 0.145 e. The summed E-state index contributed by atoms with van der Waals surface area (Å²) in [7, 11) is 0. The average molecular weight is 368 g/mol. The van der Waals surface area contributed by atoms with Crippen LogP contribution in [0.5, 0.6) is 0 Å². The van der Waals surface area contributed by atoms with Gasteiger partial charge in [-0.15, -0.1) is 0 Å². The maximum absolute atomic E-state index is 4.75. The highest BCUT2D eigenvalue weighted by molar-refractivity contribution is 6.29. The van der Waals surface area contributed by atoms with Gasteiger partial charge in [-0.05, 0) is 39.1 Å². The van der Waals surface area contributed by atoms with Crippen molar-refractivity contribution in [3.63, 3.8) is 0 Å². The van der Waals surface area contributed by atoms with Crippen molar-refractivity contribution in [3.8, 4) is 0 Å². The van der Waals surface area contributed by atoms with Crippen LogP contribution in [-0.2, 0) is 0 Å². The van der Waals surface area contributed by atoms with E-state index in [0.717, 1.165) is 5.65 Å². The molecule has 0 fully saturated rings.